The van der Waals surface area contributed by atoms with Crippen molar-refractivity contribution in [2.45, 2.75) is 56.8 Å². The molecule has 17 heavy (non-hydrogen) atoms. The van der Waals surface area contributed by atoms with E-state index in [4.69, 9.17) is 0 Å². The van der Waals surface area contributed by atoms with Gasteiger partial charge in [0.15, 0.2) is 0 Å². The number of hydrogen-bond donors (Lipinski definition) is 0. The second kappa shape index (κ2) is 4.64. The summed E-state index contributed by atoms with van der Waals surface area (Å²) >= 11 is 0. The molecule has 90 valence electrons. The highest BCUT2D eigenvalue weighted by Gasteiger charge is 2.25. The van der Waals surface area contributed by atoms with Gasteiger partial charge in [-0.1, -0.05) is 37.1 Å². The second-order valence-electron chi connectivity index (χ2n) is 5.56. The predicted molar refractivity (Wildman–Crippen MR) is 69.3 cm³/mol. The van der Waals surface area contributed by atoms with E-state index >= 15 is 0 Å². The minimum atomic E-state index is 0.198. The predicted octanol–water partition coefficient (Wildman–Crippen LogP) is 4.18. The summed E-state index contributed by atoms with van der Waals surface area (Å²) in [5.74, 6) is 1.43. The van der Waals surface area contributed by atoms with Crippen molar-refractivity contribution < 1.29 is 4.79 Å². The molecule has 0 radical (unpaired) electrons. The smallest absolute Gasteiger partial charge is 0.140 e. The van der Waals surface area contributed by atoms with Gasteiger partial charge in [-0.05, 0) is 42.7 Å². The van der Waals surface area contributed by atoms with E-state index in [9.17, 15) is 4.79 Å². The van der Waals surface area contributed by atoms with Crippen LogP contribution in [0, 0.1) is 0 Å². The Morgan fingerprint density at radius 2 is 1.76 bits per heavy atom. The molecule has 0 bridgehead atoms. The number of benzene rings is 1. The van der Waals surface area contributed by atoms with Crippen LogP contribution < -0.4 is 0 Å². The molecule has 1 unspecified atom stereocenters. The molecule has 0 amide bonds. The molecule has 0 N–H and O–H groups in total. The van der Waals surface area contributed by atoms with Crippen LogP contribution in [0.1, 0.15) is 67.9 Å². The van der Waals surface area contributed by atoms with Gasteiger partial charge in [-0.15, -0.1) is 0 Å². The maximum absolute atomic E-state index is 12.0. The lowest BCUT2D eigenvalue weighted by molar-refractivity contribution is -0.121. The van der Waals surface area contributed by atoms with Crippen LogP contribution in [0.15, 0.2) is 24.3 Å². The Morgan fingerprint density at radius 3 is 2.47 bits per heavy atom. The van der Waals surface area contributed by atoms with Crippen molar-refractivity contribution in [1.29, 1.82) is 0 Å². The number of rotatable bonds is 2. The average Bonchev–Trinajstić information content (AvgIpc) is 2.28. The number of hydrogen-bond acceptors (Lipinski definition) is 1. The van der Waals surface area contributed by atoms with Gasteiger partial charge in [0.25, 0.3) is 0 Å². The normalized spacial score (nSPS) is 25.6. The van der Waals surface area contributed by atoms with Crippen LogP contribution in [-0.4, -0.2) is 5.78 Å². The summed E-state index contributed by atoms with van der Waals surface area (Å²) in [6.07, 6.45) is 8.20. The molecule has 1 heteroatoms. The van der Waals surface area contributed by atoms with Gasteiger partial charge in [0, 0.05) is 12.3 Å². The summed E-state index contributed by atoms with van der Waals surface area (Å²) in [4.78, 5) is 12.0. The molecule has 0 saturated heterocycles. The van der Waals surface area contributed by atoms with Crippen LogP contribution in [-0.2, 0) is 4.79 Å². The Bertz CT molecular complexity index is 417. The first-order chi connectivity index (χ1) is 8.34. The molecule has 0 spiro atoms. The molecule has 2 aliphatic rings. The molecular formula is C16H20O. The molecular weight excluding hydrogens is 208 g/mol. The lowest BCUT2D eigenvalue weighted by atomic mass is 9.77. The summed E-state index contributed by atoms with van der Waals surface area (Å²) in [6.45, 7) is 0. The first kappa shape index (κ1) is 11.0. The van der Waals surface area contributed by atoms with Crippen LogP contribution in [0.25, 0.3) is 0 Å². The fourth-order valence-corrected chi connectivity index (χ4v) is 3.11. The first-order valence-electron chi connectivity index (χ1n) is 6.97. The van der Waals surface area contributed by atoms with Crippen molar-refractivity contribution in [3.05, 3.63) is 35.4 Å². The van der Waals surface area contributed by atoms with Gasteiger partial charge in [0.05, 0.1) is 0 Å². The zero-order valence-electron chi connectivity index (χ0n) is 10.3. The SMILES string of the molecule is O=C1CCCCC1c1cccc(C2CCC2)c1. The molecule has 2 saturated carbocycles. The Kier molecular flexibility index (Phi) is 3.00. The third-order valence-electron chi connectivity index (χ3n) is 4.44. The third kappa shape index (κ3) is 2.15. The first-order valence-corrected chi connectivity index (χ1v) is 6.97. The van der Waals surface area contributed by atoms with Gasteiger partial charge in [0.2, 0.25) is 0 Å². The number of carbonyl (C=O) groups excluding carboxylic acids is 1. The van der Waals surface area contributed by atoms with Crippen molar-refractivity contribution in [2.24, 2.45) is 0 Å². The van der Waals surface area contributed by atoms with E-state index in [-0.39, 0.29) is 5.92 Å². The van der Waals surface area contributed by atoms with Crippen LogP contribution in [0.2, 0.25) is 0 Å². The molecule has 1 aromatic rings. The summed E-state index contributed by atoms with van der Waals surface area (Å²) < 4.78 is 0. The van der Waals surface area contributed by atoms with Crippen LogP contribution in [0.4, 0.5) is 0 Å². The Labute approximate surface area is 103 Å². The van der Waals surface area contributed by atoms with Gasteiger partial charge < -0.3 is 0 Å². The molecule has 1 atom stereocenters. The number of Topliss-reactive ketones (excluding diaryl/α,β-unsaturated/α-hetero) is 1. The van der Waals surface area contributed by atoms with Gasteiger partial charge in [0.1, 0.15) is 5.78 Å². The van der Waals surface area contributed by atoms with Gasteiger partial charge >= 0.3 is 0 Å². The van der Waals surface area contributed by atoms with Crippen molar-refractivity contribution >= 4 is 5.78 Å². The highest BCUT2D eigenvalue weighted by atomic mass is 16.1. The lowest BCUT2D eigenvalue weighted by Crippen LogP contribution is -2.17. The zero-order valence-corrected chi connectivity index (χ0v) is 10.3. The monoisotopic (exact) mass is 228 g/mol. The van der Waals surface area contributed by atoms with Gasteiger partial charge in [-0.2, -0.15) is 0 Å². The molecule has 0 aromatic heterocycles. The van der Waals surface area contributed by atoms with Crippen LogP contribution in [0.3, 0.4) is 0 Å². The molecule has 0 aliphatic heterocycles. The highest BCUT2D eigenvalue weighted by Crippen LogP contribution is 2.38. The zero-order chi connectivity index (χ0) is 11.7. The summed E-state index contributed by atoms with van der Waals surface area (Å²) in [7, 11) is 0. The molecule has 1 nitrogen and oxygen atoms in total. The van der Waals surface area contributed by atoms with Gasteiger partial charge in [-0.3, -0.25) is 4.79 Å². The summed E-state index contributed by atoms with van der Waals surface area (Å²) in [6, 6.07) is 8.83. The second-order valence-corrected chi connectivity index (χ2v) is 5.56. The van der Waals surface area contributed by atoms with Gasteiger partial charge in [-0.25, -0.2) is 0 Å². The van der Waals surface area contributed by atoms with E-state index in [1.165, 1.54) is 36.8 Å². The van der Waals surface area contributed by atoms with Crippen molar-refractivity contribution in [2.75, 3.05) is 0 Å². The number of ketones is 1. The van der Waals surface area contributed by atoms with E-state index in [1.54, 1.807) is 0 Å². The molecule has 2 aliphatic carbocycles. The average molecular weight is 228 g/mol. The Balaban J connectivity index is 1.83. The van der Waals surface area contributed by atoms with E-state index in [1.807, 2.05) is 0 Å². The topological polar surface area (TPSA) is 17.1 Å². The number of carbonyl (C=O) groups is 1. The van der Waals surface area contributed by atoms with Crippen molar-refractivity contribution in [1.82, 2.24) is 0 Å². The van der Waals surface area contributed by atoms with Crippen molar-refractivity contribution in [3.63, 3.8) is 0 Å². The van der Waals surface area contributed by atoms with Crippen molar-refractivity contribution in [3.8, 4) is 0 Å². The lowest BCUT2D eigenvalue weighted by Gasteiger charge is -2.27. The molecule has 0 heterocycles. The quantitative estimate of drug-likeness (QED) is 0.742. The summed E-state index contributed by atoms with van der Waals surface area (Å²) in [5, 5.41) is 0. The maximum atomic E-state index is 12.0. The largest absolute Gasteiger partial charge is 0.299 e. The molecule has 3 rings (SSSR count). The van der Waals surface area contributed by atoms with Crippen LogP contribution >= 0.6 is 0 Å². The molecule has 1 aromatic carbocycles. The minimum Gasteiger partial charge on any atom is -0.299 e. The fourth-order valence-electron chi connectivity index (χ4n) is 3.11. The van der Waals surface area contributed by atoms with E-state index in [0.29, 0.717) is 5.78 Å². The Hall–Kier alpha value is -1.11. The minimum absolute atomic E-state index is 0.198. The van der Waals surface area contributed by atoms with Crippen LogP contribution in [0.5, 0.6) is 0 Å². The summed E-state index contributed by atoms with van der Waals surface area (Å²) in [5.41, 5.74) is 2.74. The fraction of sp³-hybridized carbons (Fsp3) is 0.562. The molecule has 2 fully saturated rings. The van der Waals surface area contributed by atoms with E-state index in [0.717, 1.165) is 25.2 Å². The standard InChI is InChI=1S/C16H20O/c17-16-10-2-1-9-15(16)14-8-4-7-13(11-14)12-5-3-6-12/h4,7-8,11-12,15H,1-3,5-6,9-10H2. The Morgan fingerprint density at radius 1 is 0.941 bits per heavy atom. The highest BCUT2D eigenvalue weighted by molar-refractivity contribution is 5.86. The maximum Gasteiger partial charge on any atom is 0.140 e. The van der Waals surface area contributed by atoms with E-state index < -0.39 is 0 Å². The third-order valence-corrected chi connectivity index (χ3v) is 4.44. The van der Waals surface area contributed by atoms with E-state index in [2.05, 4.69) is 24.3 Å².